The first-order chi connectivity index (χ1) is 19.2. The fourth-order valence-corrected chi connectivity index (χ4v) is 3.84. The van der Waals surface area contributed by atoms with Crippen molar-refractivity contribution in [3.63, 3.8) is 0 Å². The smallest absolute Gasteiger partial charge is 0.237 e. The van der Waals surface area contributed by atoms with E-state index in [1.165, 1.54) is 68.9 Å². The minimum atomic E-state index is -0.368. The van der Waals surface area contributed by atoms with Crippen LogP contribution in [0.1, 0.15) is 44.9 Å². The number of carbonyl (C=O) groups is 2. The zero-order chi connectivity index (χ0) is 29.1. The van der Waals surface area contributed by atoms with Crippen LogP contribution in [0.5, 0.6) is 11.8 Å². The average Bonchev–Trinajstić information content (AvgIpc) is 2.96. The molecule has 9 nitrogen and oxygen atoms in total. The molecule has 2 N–H and O–H groups in total. The van der Waals surface area contributed by atoms with E-state index in [1.807, 2.05) is 22.6 Å². The minimum Gasteiger partial charge on any atom is -0.480 e. The number of hydrogen-bond donors (Lipinski definition) is 1. The number of benzene rings is 2. The number of aryl methyl sites for hydroxylation is 2. The van der Waals surface area contributed by atoms with E-state index in [9.17, 15) is 18.4 Å². The fourth-order valence-electron chi connectivity index (χ4n) is 3.48. The van der Waals surface area contributed by atoms with Gasteiger partial charge in [0.1, 0.15) is 32.5 Å². The first-order valence-corrected chi connectivity index (χ1v) is 13.1. The van der Waals surface area contributed by atoms with Gasteiger partial charge in [0.15, 0.2) is 11.6 Å². The van der Waals surface area contributed by atoms with Crippen LogP contribution < -0.4 is 15.2 Å². The zero-order valence-corrected chi connectivity index (χ0v) is 23.9. The van der Waals surface area contributed by atoms with Gasteiger partial charge in [0.05, 0.1) is 26.6 Å². The van der Waals surface area contributed by atoms with Gasteiger partial charge in [0.25, 0.3) is 0 Å². The van der Waals surface area contributed by atoms with Gasteiger partial charge in [-0.15, -0.1) is 0 Å². The highest BCUT2D eigenvalue weighted by Crippen LogP contribution is 2.18. The molecule has 0 amide bonds. The predicted molar refractivity (Wildman–Crippen MR) is 152 cm³/mol. The molecule has 40 heavy (non-hydrogen) atoms. The Morgan fingerprint density at radius 3 is 1.62 bits per heavy atom. The number of nitrogens with two attached hydrogens (primary N) is 1. The third-order valence-corrected chi connectivity index (χ3v) is 6.03. The van der Waals surface area contributed by atoms with Crippen LogP contribution in [0.2, 0.25) is 0 Å². The van der Waals surface area contributed by atoms with Crippen molar-refractivity contribution in [2.24, 2.45) is 0 Å². The maximum atomic E-state index is 12.8. The standard InChI is InChI=1S/C14H12FIN2O2.C14H14FN3O2/c2*1-20-14-11(17-8-13(16)18-14)6-7-12(19)9-2-4-10(15)5-3-9/h2-5,8H,6-7H2,1H3;2-5,8H,6-7H2,1H3,(H2,16,18). The molecular weight excluding hydrogens is 635 g/mol. The fraction of sp³-hybridized carbons (Fsp3) is 0.214. The Morgan fingerprint density at radius 2 is 1.18 bits per heavy atom. The Morgan fingerprint density at radius 1 is 0.750 bits per heavy atom. The molecule has 0 saturated carbocycles. The van der Waals surface area contributed by atoms with Gasteiger partial charge in [-0.2, -0.15) is 4.98 Å². The number of hydrogen-bond acceptors (Lipinski definition) is 9. The molecule has 4 rings (SSSR count). The quantitative estimate of drug-likeness (QED) is 0.183. The summed E-state index contributed by atoms with van der Waals surface area (Å²) in [5.41, 5.74) is 7.67. The maximum Gasteiger partial charge on any atom is 0.237 e. The summed E-state index contributed by atoms with van der Waals surface area (Å²) in [6.07, 6.45) is 4.37. The number of Topliss-reactive ketones (excluding diaryl/α,β-unsaturated/α-hetero) is 2. The van der Waals surface area contributed by atoms with Crippen molar-refractivity contribution in [3.8, 4) is 11.8 Å². The van der Waals surface area contributed by atoms with Crippen LogP contribution in [-0.2, 0) is 12.8 Å². The SMILES string of the molecule is COc1nc(I)cnc1CCC(=O)c1ccc(F)cc1.COc1nc(N)cnc1CCC(=O)c1ccc(F)cc1. The number of ether oxygens (including phenoxy) is 2. The molecule has 0 saturated heterocycles. The molecular formula is C28H26F2IN5O4. The first kappa shape index (κ1) is 30.5. The Kier molecular flexibility index (Phi) is 11.4. The number of methoxy groups -OCH3 is 2. The van der Waals surface area contributed by atoms with Crippen LogP contribution >= 0.6 is 22.6 Å². The van der Waals surface area contributed by atoms with E-state index in [0.29, 0.717) is 47.1 Å². The lowest BCUT2D eigenvalue weighted by atomic mass is 10.1. The van der Waals surface area contributed by atoms with Gasteiger partial charge in [0.2, 0.25) is 11.8 Å². The van der Waals surface area contributed by atoms with Gasteiger partial charge in [-0.3, -0.25) is 19.6 Å². The molecule has 0 bridgehead atoms. The largest absolute Gasteiger partial charge is 0.480 e. The lowest BCUT2D eigenvalue weighted by Crippen LogP contribution is -2.06. The van der Waals surface area contributed by atoms with E-state index < -0.39 is 0 Å². The molecule has 2 aromatic carbocycles. The van der Waals surface area contributed by atoms with Crippen molar-refractivity contribution in [1.29, 1.82) is 0 Å². The summed E-state index contributed by atoms with van der Waals surface area (Å²) in [5.74, 6) is 0.133. The Balaban J connectivity index is 0.000000220. The molecule has 0 fully saturated rings. The Labute approximate surface area is 243 Å². The first-order valence-electron chi connectivity index (χ1n) is 12.0. The van der Waals surface area contributed by atoms with Crippen LogP contribution in [0.15, 0.2) is 60.9 Å². The van der Waals surface area contributed by atoms with Crippen LogP contribution in [0.4, 0.5) is 14.6 Å². The maximum absolute atomic E-state index is 12.8. The number of carbonyl (C=O) groups excluding carboxylic acids is 2. The van der Waals surface area contributed by atoms with Gasteiger partial charge in [-0.05, 0) is 71.1 Å². The highest BCUT2D eigenvalue weighted by molar-refractivity contribution is 14.1. The average molecular weight is 661 g/mol. The van der Waals surface area contributed by atoms with Crippen molar-refractivity contribution < 1.29 is 27.8 Å². The molecule has 0 aliphatic heterocycles. The van der Waals surface area contributed by atoms with Crippen molar-refractivity contribution in [2.75, 3.05) is 20.0 Å². The zero-order valence-electron chi connectivity index (χ0n) is 21.7. The van der Waals surface area contributed by atoms with Crippen LogP contribution in [0.3, 0.4) is 0 Å². The highest BCUT2D eigenvalue weighted by atomic mass is 127. The molecule has 0 aliphatic rings. The van der Waals surface area contributed by atoms with Crippen LogP contribution in [0, 0.1) is 15.3 Å². The van der Waals surface area contributed by atoms with Gasteiger partial charge in [0, 0.05) is 36.8 Å². The number of nitrogen functional groups attached to an aromatic ring is 1. The van der Waals surface area contributed by atoms with Crippen molar-refractivity contribution in [3.05, 3.63) is 98.8 Å². The highest BCUT2D eigenvalue weighted by Gasteiger charge is 2.13. The Hall–Kier alpha value is -4.07. The Bertz CT molecular complexity index is 1340. The summed E-state index contributed by atoms with van der Waals surface area (Å²) < 4.78 is 36.5. The molecule has 0 atom stereocenters. The lowest BCUT2D eigenvalue weighted by molar-refractivity contribution is 0.0974. The van der Waals surface area contributed by atoms with Crippen LogP contribution in [-0.4, -0.2) is 45.7 Å². The second-order valence-electron chi connectivity index (χ2n) is 8.26. The lowest BCUT2D eigenvalue weighted by Gasteiger charge is -2.06. The van der Waals surface area contributed by atoms with E-state index in [4.69, 9.17) is 15.2 Å². The molecule has 0 aliphatic carbocycles. The van der Waals surface area contributed by atoms with Gasteiger partial charge < -0.3 is 15.2 Å². The van der Waals surface area contributed by atoms with E-state index in [1.54, 1.807) is 6.20 Å². The van der Waals surface area contributed by atoms with Gasteiger partial charge in [-0.25, -0.2) is 13.8 Å². The molecule has 4 aromatic rings. The summed E-state index contributed by atoms with van der Waals surface area (Å²) in [6, 6.07) is 11.0. The van der Waals surface area contributed by atoms with E-state index in [0.717, 1.165) is 3.70 Å². The second kappa shape index (κ2) is 14.9. The number of nitrogens with zero attached hydrogens (tertiary/aromatic N) is 4. The van der Waals surface area contributed by atoms with E-state index >= 15 is 0 Å². The van der Waals surface area contributed by atoms with Gasteiger partial charge in [-0.1, -0.05) is 0 Å². The summed E-state index contributed by atoms with van der Waals surface area (Å²) in [6.45, 7) is 0. The third-order valence-electron chi connectivity index (χ3n) is 5.51. The van der Waals surface area contributed by atoms with Gasteiger partial charge >= 0.3 is 0 Å². The number of anilines is 1. The molecule has 0 spiro atoms. The molecule has 12 heteroatoms. The minimum absolute atomic E-state index is 0.0626. The third kappa shape index (κ3) is 9.00. The topological polar surface area (TPSA) is 130 Å². The number of ketones is 2. The monoisotopic (exact) mass is 661 g/mol. The van der Waals surface area contributed by atoms with Crippen molar-refractivity contribution in [1.82, 2.24) is 19.9 Å². The number of aromatic nitrogens is 4. The summed E-state index contributed by atoms with van der Waals surface area (Å²) in [4.78, 5) is 40.4. The molecule has 0 unspecified atom stereocenters. The van der Waals surface area contributed by atoms with Crippen molar-refractivity contribution in [2.45, 2.75) is 25.7 Å². The summed E-state index contributed by atoms with van der Waals surface area (Å²) >= 11 is 2.04. The summed E-state index contributed by atoms with van der Waals surface area (Å²) in [5, 5.41) is 0. The van der Waals surface area contributed by atoms with E-state index in [2.05, 4.69) is 19.9 Å². The predicted octanol–water partition coefficient (Wildman–Crippen LogP) is 5.07. The molecule has 2 heterocycles. The summed E-state index contributed by atoms with van der Waals surface area (Å²) in [7, 11) is 2.99. The molecule has 208 valence electrons. The molecule has 2 aromatic heterocycles. The number of halogens is 3. The normalized spacial score (nSPS) is 10.3. The van der Waals surface area contributed by atoms with Crippen molar-refractivity contribution >= 4 is 40.0 Å². The molecule has 0 radical (unpaired) electrons. The second-order valence-corrected chi connectivity index (χ2v) is 9.36. The van der Waals surface area contributed by atoms with Crippen LogP contribution in [0.25, 0.3) is 0 Å². The number of rotatable bonds is 10. The van der Waals surface area contributed by atoms with E-state index in [-0.39, 0.29) is 41.9 Å².